The Morgan fingerprint density at radius 1 is 0.964 bits per heavy atom. The van der Waals surface area contributed by atoms with Crippen LogP contribution < -0.4 is 9.64 Å². The van der Waals surface area contributed by atoms with Crippen molar-refractivity contribution < 1.29 is 19.1 Å². The number of esters is 1. The molecule has 0 saturated carbocycles. The second kappa shape index (κ2) is 8.33. The molecule has 1 atom stereocenters. The molecule has 2 aliphatic heterocycles. The number of hydrogen-bond acceptors (Lipinski definition) is 5. The highest BCUT2D eigenvalue weighted by atomic mass is 16.5. The van der Waals surface area contributed by atoms with E-state index in [1.54, 1.807) is 4.90 Å². The van der Waals surface area contributed by atoms with Crippen molar-refractivity contribution in [1.29, 1.82) is 0 Å². The lowest BCUT2D eigenvalue weighted by atomic mass is 9.97. The summed E-state index contributed by atoms with van der Waals surface area (Å²) in [5.74, 6) is -0.0551. The second-order valence-corrected chi connectivity index (χ2v) is 7.13. The molecule has 1 amide bonds. The molecule has 2 aromatic carbocycles. The van der Waals surface area contributed by atoms with Gasteiger partial charge in [0.25, 0.3) is 5.91 Å². The molecule has 1 unspecified atom stereocenters. The minimum Gasteiger partial charge on any atom is -0.492 e. The highest BCUT2D eigenvalue weighted by molar-refractivity contribution is 5.82. The van der Waals surface area contributed by atoms with Gasteiger partial charge in [0.1, 0.15) is 12.4 Å². The first kappa shape index (κ1) is 18.3. The monoisotopic (exact) mass is 380 g/mol. The summed E-state index contributed by atoms with van der Waals surface area (Å²) in [6.45, 7) is 2.90. The molecule has 2 aliphatic rings. The van der Waals surface area contributed by atoms with Crippen LogP contribution in [0, 0.1) is 5.92 Å². The van der Waals surface area contributed by atoms with Crippen LogP contribution in [-0.4, -0.2) is 56.2 Å². The smallest absolute Gasteiger partial charge is 0.313 e. The third-order valence-corrected chi connectivity index (χ3v) is 5.30. The number of amides is 1. The van der Waals surface area contributed by atoms with Crippen molar-refractivity contribution in [2.45, 2.75) is 6.42 Å². The lowest BCUT2D eigenvalue weighted by Gasteiger charge is -2.36. The van der Waals surface area contributed by atoms with E-state index in [0.717, 1.165) is 24.4 Å². The molecule has 2 heterocycles. The standard InChI is InChI=1S/C22H24N2O4/c25-21(24-12-10-23(11-13-24)19-7-2-1-3-8-19)16-28-22(26)18-14-17-6-4-5-9-20(17)27-15-18/h1-9,18H,10-16H2. The maximum Gasteiger partial charge on any atom is 0.313 e. The summed E-state index contributed by atoms with van der Waals surface area (Å²) in [5, 5.41) is 0. The van der Waals surface area contributed by atoms with E-state index in [1.165, 1.54) is 5.69 Å². The van der Waals surface area contributed by atoms with E-state index in [1.807, 2.05) is 42.5 Å². The molecule has 0 aliphatic carbocycles. The van der Waals surface area contributed by atoms with Crippen molar-refractivity contribution in [2.24, 2.45) is 5.92 Å². The summed E-state index contributed by atoms with van der Waals surface area (Å²) >= 11 is 0. The maximum absolute atomic E-state index is 12.4. The maximum atomic E-state index is 12.4. The van der Waals surface area contributed by atoms with Crippen LogP contribution >= 0.6 is 0 Å². The summed E-state index contributed by atoms with van der Waals surface area (Å²) in [4.78, 5) is 28.8. The third kappa shape index (κ3) is 4.11. The van der Waals surface area contributed by atoms with Gasteiger partial charge in [-0.15, -0.1) is 0 Å². The van der Waals surface area contributed by atoms with E-state index in [-0.39, 0.29) is 24.4 Å². The summed E-state index contributed by atoms with van der Waals surface area (Å²) < 4.78 is 10.9. The van der Waals surface area contributed by atoms with Crippen molar-refractivity contribution in [3.8, 4) is 5.75 Å². The molecule has 4 rings (SSSR count). The van der Waals surface area contributed by atoms with Gasteiger partial charge in [-0.05, 0) is 30.2 Å². The number of ether oxygens (including phenoxy) is 2. The van der Waals surface area contributed by atoms with Crippen LogP contribution in [0.5, 0.6) is 5.75 Å². The van der Waals surface area contributed by atoms with E-state index in [0.29, 0.717) is 26.1 Å². The normalized spacial score (nSPS) is 18.8. The molecule has 6 nitrogen and oxygen atoms in total. The molecule has 0 spiro atoms. The van der Waals surface area contributed by atoms with E-state index < -0.39 is 0 Å². The zero-order chi connectivity index (χ0) is 19.3. The minimum absolute atomic E-state index is 0.141. The van der Waals surface area contributed by atoms with Gasteiger partial charge in [-0.1, -0.05) is 36.4 Å². The fraction of sp³-hybridized carbons (Fsp3) is 0.364. The lowest BCUT2D eigenvalue weighted by molar-refractivity contribution is -0.156. The molecule has 0 aromatic heterocycles. The Hall–Kier alpha value is -3.02. The topological polar surface area (TPSA) is 59.1 Å². The Kier molecular flexibility index (Phi) is 5.46. The van der Waals surface area contributed by atoms with Crippen LogP contribution in [0.4, 0.5) is 5.69 Å². The van der Waals surface area contributed by atoms with Gasteiger partial charge in [0.2, 0.25) is 0 Å². The molecule has 1 saturated heterocycles. The number of rotatable bonds is 4. The first-order chi connectivity index (χ1) is 13.7. The minimum atomic E-state index is -0.370. The molecule has 146 valence electrons. The van der Waals surface area contributed by atoms with Crippen molar-refractivity contribution in [3.05, 3.63) is 60.2 Å². The number of benzene rings is 2. The Bertz CT molecular complexity index is 831. The largest absolute Gasteiger partial charge is 0.492 e. The predicted molar refractivity (Wildman–Crippen MR) is 105 cm³/mol. The SMILES string of the molecule is O=C(OCC(=O)N1CCN(c2ccccc2)CC1)C1COc2ccccc2C1. The molecule has 1 fully saturated rings. The van der Waals surface area contributed by atoms with Crippen LogP contribution in [0.1, 0.15) is 5.56 Å². The van der Waals surface area contributed by atoms with E-state index in [2.05, 4.69) is 17.0 Å². The van der Waals surface area contributed by atoms with E-state index in [9.17, 15) is 9.59 Å². The molecule has 28 heavy (non-hydrogen) atoms. The van der Waals surface area contributed by atoms with Gasteiger partial charge >= 0.3 is 5.97 Å². The number of nitrogens with zero attached hydrogens (tertiary/aromatic N) is 2. The molecular formula is C22H24N2O4. The Morgan fingerprint density at radius 3 is 2.46 bits per heavy atom. The summed E-state index contributed by atoms with van der Waals surface area (Å²) in [6, 6.07) is 17.9. The van der Waals surface area contributed by atoms with Gasteiger partial charge in [-0.2, -0.15) is 0 Å². The van der Waals surface area contributed by atoms with Crippen molar-refractivity contribution in [2.75, 3.05) is 44.3 Å². The third-order valence-electron chi connectivity index (χ3n) is 5.30. The molecule has 2 aromatic rings. The van der Waals surface area contributed by atoms with Crippen molar-refractivity contribution >= 4 is 17.6 Å². The van der Waals surface area contributed by atoms with Crippen molar-refractivity contribution in [3.63, 3.8) is 0 Å². The first-order valence-electron chi connectivity index (χ1n) is 9.66. The van der Waals surface area contributed by atoms with Crippen LogP contribution in [0.15, 0.2) is 54.6 Å². The van der Waals surface area contributed by atoms with E-state index in [4.69, 9.17) is 9.47 Å². The van der Waals surface area contributed by atoms with Crippen molar-refractivity contribution in [1.82, 2.24) is 4.90 Å². The number of piperazine rings is 1. The number of para-hydroxylation sites is 2. The van der Waals surface area contributed by atoms with Gasteiger partial charge in [0.15, 0.2) is 6.61 Å². The highest BCUT2D eigenvalue weighted by Crippen LogP contribution is 2.27. The Balaban J connectivity index is 1.23. The second-order valence-electron chi connectivity index (χ2n) is 7.13. The molecule has 0 bridgehead atoms. The van der Waals surface area contributed by atoms with Gasteiger partial charge in [-0.25, -0.2) is 0 Å². The number of anilines is 1. The molecular weight excluding hydrogens is 356 g/mol. The zero-order valence-corrected chi connectivity index (χ0v) is 15.8. The summed E-state index contributed by atoms with van der Waals surface area (Å²) in [6.07, 6.45) is 0.582. The number of carbonyl (C=O) groups excluding carboxylic acids is 2. The molecule has 0 radical (unpaired) electrons. The first-order valence-corrected chi connectivity index (χ1v) is 9.66. The number of fused-ring (bicyclic) bond motifs is 1. The van der Waals surface area contributed by atoms with Crippen LogP contribution in [0.25, 0.3) is 0 Å². The van der Waals surface area contributed by atoms with Gasteiger partial charge in [-0.3, -0.25) is 9.59 Å². The van der Waals surface area contributed by atoms with E-state index >= 15 is 0 Å². The lowest BCUT2D eigenvalue weighted by Crippen LogP contribution is -2.50. The molecule has 6 heteroatoms. The van der Waals surface area contributed by atoms with Crippen LogP contribution in [-0.2, 0) is 20.7 Å². The fourth-order valence-electron chi connectivity index (χ4n) is 3.67. The average Bonchev–Trinajstić information content (AvgIpc) is 2.77. The van der Waals surface area contributed by atoms with Crippen LogP contribution in [0.3, 0.4) is 0 Å². The summed E-state index contributed by atoms with van der Waals surface area (Å²) in [5.41, 5.74) is 2.16. The highest BCUT2D eigenvalue weighted by Gasteiger charge is 2.28. The van der Waals surface area contributed by atoms with Gasteiger partial charge in [0, 0.05) is 31.9 Å². The zero-order valence-electron chi connectivity index (χ0n) is 15.8. The predicted octanol–water partition coefficient (Wildman–Crippen LogP) is 2.13. The quantitative estimate of drug-likeness (QED) is 0.761. The number of carbonyl (C=O) groups is 2. The Morgan fingerprint density at radius 2 is 1.68 bits per heavy atom. The summed E-state index contributed by atoms with van der Waals surface area (Å²) in [7, 11) is 0. The fourth-order valence-corrected chi connectivity index (χ4v) is 3.67. The van der Waals surface area contributed by atoms with Gasteiger partial charge < -0.3 is 19.3 Å². The molecule has 0 N–H and O–H groups in total. The van der Waals surface area contributed by atoms with Gasteiger partial charge in [0.05, 0.1) is 5.92 Å². The number of hydrogen-bond donors (Lipinski definition) is 0. The average molecular weight is 380 g/mol. The van der Waals surface area contributed by atoms with Crippen LogP contribution in [0.2, 0.25) is 0 Å². The Labute approximate surface area is 164 Å².